The normalized spacial score (nSPS) is 11.8. The van der Waals surface area contributed by atoms with Gasteiger partial charge in [-0.25, -0.2) is 0 Å². The molecule has 2 aromatic rings. The summed E-state index contributed by atoms with van der Waals surface area (Å²) in [6.07, 6.45) is 1.04. The van der Waals surface area contributed by atoms with Crippen molar-refractivity contribution < 1.29 is 23.7 Å². The van der Waals surface area contributed by atoms with Gasteiger partial charge in [-0.2, -0.15) is 0 Å². The molecule has 0 aliphatic heterocycles. The third-order valence-corrected chi connectivity index (χ3v) is 4.61. The SMILES string of the molecule is CCc1ccc(OC[C@@H](OC)C(=O)NCCc2ccc(OC(C)C)c(OC)c2)cc1. The van der Waals surface area contributed by atoms with Crippen LogP contribution in [0.1, 0.15) is 31.9 Å². The zero-order valence-corrected chi connectivity index (χ0v) is 18.6. The summed E-state index contributed by atoms with van der Waals surface area (Å²) < 4.78 is 22.1. The Morgan fingerprint density at radius 3 is 2.30 bits per heavy atom. The first kappa shape index (κ1) is 23.5. The minimum atomic E-state index is -0.674. The van der Waals surface area contributed by atoms with Crippen LogP contribution >= 0.6 is 0 Å². The van der Waals surface area contributed by atoms with Crippen molar-refractivity contribution in [1.82, 2.24) is 5.32 Å². The minimum absolute atomic E-state index is 0.0711. The van der Waals surface area contributed by atoms with E-state index in [0.717, 1.165) is 17.7 Å². The van der Waals surface area contributed by atoms with E-state index in [-0.39, 0.29) is 18.6 Å². The molecule has 0 fully saturated rings. The molecule has 1 atom stereocenters. The van der Waals surface area contributed by atoms with Gasteiger partial charge in [-0.1, -0.05) is 25.1 Å². The van der Waals surface area contributed by atoms with E-state index in [1.807, 2.05) is 56.3 Å². The summed E-state index contributed by atoms with van der Waals surface area (Å²) in [7, 11) is 3.12. The monoisotopic (exact) mass is 415 g/mol. The fraction of sp³-hybridized carbons (Fsp3) is 0.458. The molecule has 1 amide bonds. The molecule has 164 valence electrons. The Morgan fingerprint density at radius 1 is 1.00 bits per heavy atom. The van der Waals surface area contributed by atoms with Crippen LogP contribution in [-0.4, -0.2) is 45.5 Å². The van der Waals surface area contributed by atoms with Gasteiger partial charge in [0.05, 0.1) is 13.2 Å². The average molecular weight is 416 g/mol. The molecule has 0 spiro atoms. The van der Waals surface area contributed by atoms with Gasteiger partial charge in [0.1, 0.15) is 12.4 Å². The Bertz CT molecular complexity index is 789. The predicted molar refractivity (Wildman–Crippen MR) is 118 cm³/mol. The Morgan fingerprint density at radius 2 is 1.70 bits per heavy atom. The van der Waals surface area contributed by atoms with E-state index in [9.17, 15) is 4.79 Å². The van der Waals surface area contributed by atoms with Gasteiger partial charge < -0.3 is 24.3 Å². The van der Waals surface area contributed by atoms with Gasteiger partial charge in [0.25, 0.3) is 5.91 Å². The van der Waals surface area contributed by atoms with Crippen LogP contribution in [0.4, 0.5) is 0 Å². The molecular formula is C24H33NO5. The summed E-state index contributed by atoms with van der Waals surface area (Å²) in [5, 5.41) is 2.90. The number of benzene rings is 2. The molecule has 0 bridgehead atoms. The summed E-state index contributed by atoms with van der Waals surface area (Å²) in [4.78, 5) is 12.4. The molecule has 2 aromatic carbocycles. The highest BCUT2D eigenvalue weighted by Crippen LogP contribution is 2.29. The zero-order chi connectivity index (χ0) is 21.9. The second-order valence-corrected chi connectivity index (χ2v) is 7.23. The molecular weight excluding hydrogens is 382 g/mol. The van der Waals surface area contributed by atoms with Crippen molar-refractivity contribution in [2.24, 2.45) is 0 Å². The van der Waals surface area contributed by atoms with Crippen molar-refractivity contribution in [2.75, 3.05) is 27.4 Å². The van der Waals surface area contributed by atoms with E-state index < -0.39 is 6.10 Å². The minimum Gasteiger partial charge on any atom is -0.493 e. The van der Waals surface area contributed by atoms with Crippen molar-refractivity contribution in [1.29, 1.82) is 0 Å². The standard InChI is InChI=1S/C24H33NO5/c1-6-18-7-10-20(11-8-18)29-16-23(28-5)24(26)25-14-13-19-9-12-21(30-17(2)3)22(15-19)27-4/h7-12,15,17,23H,6,13-14,16H2,1-5H3,(H,25,26)/t23-/m1/s1. The third-order valence-electron chi connectivity index (χ3n) is 4.61. The number of hydrogen-bond acceptors (Lipinski definition) is 5. The summed E-state index contributed by atoms with van der Waals surface area (Å²) in [6, 6.07) is 13.6. The van der Waals surface area contributed by atoms with Gasteiger partial charge in [-0.3, -0.25) is 4.79 Å². The summed E-state index contributed by atoms with van der Waals surface area (Å²) in [5.74, 6) is 1.92. The lowest BCUT2D eigenvalue weighted by molar-refractivity contribution is -0.132. The first-order valence-electron chi connectivity index (χ1n) is 10.3. The van der Waals surface area contributed by atoms with E-state index in [2.05, 4.69) is 12.2 Å². The number of methoxy groups -OCH3 is 2. The van der Waals surface area contributed by atoms with E-state index in [1.165, 1.54) is 12.7 Å². The second-order valence-electron chi connectivity index (χ2n) is 7.23. The molecule has 0 saturated carbocycles. The number of aryl methyl sites for hydroxylation is 1. The highest BCUT2D eigenvalue weighted by molar-refractivity contribution is 5.80. The van der Waals surface area contributed by atoms with Gasteiger partial charge in [-0.05, 0) is 62.1 Å². The molecule has 30 heavy (non-hydrogen) atoms. The third kappa shape index (κ3) is 7.26. The highest BCUT2D eigenvalue weighted by atomic mass is 16.5. The Hall–Kier alpha value is -2.73. The van der Waals surface area contributed by atoms with Crippen molar-refractivity contribution in [3.63, 3.8) is 0 Å². The lowest BCUT2D eigenvalue weighted by Crippen LogP contribution is -2.40. The molecule has 0 unspecified atom stereocenters. The maximum atomic E-state index is 12.4. The second kappa shape index (κ2) is 12.1. The molecule has 6 nitrogen and oxygen atoms in total. The topological polar surface area (TPSA) is 66.0 Å². The summed E-state index contributed by atoms with van der Waals surface area (Å²) in [6.45, 7) is 6.68. The van der Waals surface area contributed by atoms with E-state index in [4.69, 9.17) is 18.9 Å². The highest BCUT2D eigenvalue weighted by Gasteiger charge is 2.18. The number of carbonyl (C=O) groups excluding carboxylic acids is 1. The van der Waals surface area contributed by atoms with Crippen molar-refractivity contribution in [3.05, 3.63) is 53.6 Å². The van der Waals surface area contributed by atoms with Crippen molar-refractivity contribution in [3.8, 4) is 17.2 Å². The maximum Gasteiger partial charge on any atom is 0.252 e. The maximum absolute atomic E-state index is 12.4. The number of rotatable bonds is 12. The Labute approximate surface area is 179 Å². The number of ether oxygens (including phenoxy) is 4. The van der Waals surface area contributed by atoms with Gasteiger partial charge >= 0.3 is 0 Å². The molecule has 6 heteroatoms. The van der Waals surface area contributed by atoms with Crippen LogP contribution < -0.4 is 19.5 Å². The number of carbonyl (C=O) groups is 1. The summed E-state index contributed by atoms with van der Waals surface area (Å²) >= 11 is 0. The average Bonchev–Trinajstić information content (AvgIpc) is 2.75. The Kier molecular flexibility index (Phi) is 9.48. The van der Waals surface area contributed by atoms with E-state index in [0.29, 0.717) is 24.5 Å². The summed E-state index contributed by atoms with van der Waals surface area (Å²) in [5.41, 5.74) is 2.29. The smallest absolute Gasteiger partial charge is 0.252 e. The largest absolute Gasteiger partial charge is 0.493 e. The van der Waals surface area contributed by atoms with E-state index >= 15 is 0 Å². The molecule has 0 heterocycles. The van der Waals surface area contributed by atoms with Crippen molar-refractivity contribution in [2.45, 2.75) is 45.8 Å². The number of amides is 1. The van der Waals surface area contributed by atoms with Crippen LogP contribution in [0.25, 0.3) is 0 Å². The van der Waals surface area contributed by atoms with Gasteiger partial charge in [-0.15, -0.1) is 0 Å². The molecule has 0 aliphatic rings. The van der Waals surface area contributed by atoms with Gasteiger partial charge in [0.2, 0.25) is 0 Å². The fourth-order valence-electron chi connectivity index (χ4n) is 2.91. The molecule has 2 rings (SSSR count). The van der Waals surface area contributed by atoms with Crippen LogP contribution in [0.2, 0.25) is 0 Å². The molecule has 0 radical (unpaired) electrons. The fourth-order valence-corrected chi connectivity index (χ4v) is 2.91. The lowest BCUT2D eigenvalue weighted by Gasteiger charge is -2.17. The van der Waals surface area contributed by atoms with Crippen LogP contribution in [0.3, 0.4) is 0 Å². The molecule has 0 aliphatic carbocycles. The van der Waals surface area contributed by atoms with Gasteiger partial charge in [0.15, 0.2) is 17.6 Å². The first-order chi connectivity index (χ1) is 14.5. The Balaban J connectivity index is 1.82. The van der Waals surface area contributed by atoms with Crippen LogP contribution in [0, 0.1) is 0 Å². The lowest BCUT2D eigenvalue weighted by atomic mass is 10.1. The first-order valence-corrected chi connectivity index (χ1v) is 10.3. The predicted octanol–water partition coefficient (Wildman–Crippen LogP) is 3.80. The number of hydrogen-bond donors (Lipinski definition) is 1. The molecule has 0 aromatic heterocycles. The van der Waals surface area contributed by atoms with Crippen molar-refractivity contribution >= 4 is 5.91 Å². The van der Waals surface area contributed by atoms with Crippen LogP contribution in [-0.2, 0) is 22.4 Å². The number of nitrogens with one attached hydrogen (secondary N) is 1. The quantitative estimate of drug-likeness (QED) is 0.571. The zero-order valence-electron chi connectivity index (χ0n) is 18.6. The van der Waals surface area contributed by atoms with Gasteiger partial charge in [0, 0.05) is 13.7 Å². The van der Waals surface area contributed by atoms with Crippen LogP contribution in [0.15, 0.2) is 42.5 Å². The molecule has 1 N–H and O–H groups in total. The van der Waals surface area contributed by atoms with E-state index in [1.54, 1.807) is 7.11 Å². The molecule has 0 saturated heterocycles. The van der Waals surface area contributed by atoms with Crippen LogP contribution in [0.5, 0.6) is 17.2 Å².